The molecule has 0 fully saturated rings. The first kappa shape index (κ1) is 10.3. The van der Waals surface area contributed by atoms with Crippen LogP contribution in [0.3, 0.4) is 0 Å². The van der Waals surface area contributed by atoms with Gasteiger partial charge < -0.3 is 21.1 Å². The van der Waals surface area contributed by atoms with Crippen molar-refractivity contribution in [1.29, 1.82) is 0 Å². The van der Waals surface area contributed by atoms with Gasteiger partial charge in [-0.15, -0.1) is 0 Å². The molecule has 0 aliphatic heterocycles. The summed E-state index contributed by atoms with van der Waals surface area (Å²) < 4.78 is 0. The summed E-state index contributed by atoms with van der Waals surface area (Å²) in [4.78, 5) is 10.3. The second-order valence-corrected chi connectivity index (χ2v) is 2.99. The van der Waals surface area contributed by atoms with Crippen LogP contribution in [0, 0.1) is 0 Å². The van der Waals surface area contributed by atoms with Gasteiger partial charge in [0.05, 0.1) is 6.42 Å². The molecule has 0 amide bonds. The number of phenols is 2. The predicted molar refractivity (Wildman–Crippen MR) is 49.0 cm³/mol. The number of benzene rings is 1. The summed E-state index contributed by atoms with van der Waals surface area (Å²) in [5.74, 6) is -1.30. The number of nitrogens with two attached hydrogens (primary N) is 1. The Morgan fingerprint density at radius 3 is 2.21 bits per heavy atom. The van der Waals surface area contributed by atoms with Crippen molar-refractivity contribution in [2.24, 2.45) is 5.73 Å². The third kappa shape index (κ3) is 2.63. The van der Waals surface area contributed by atoms with E-state index in [-0.39, 0.29) is 17.9 Å². The Morgan fingerprint density at radius 1 is 1.29 bits per heavy atom. The monoisotopic (exact) mass is 197 g/mol. The Labute approximate surface area is 80.4 Å². The third-order valence-electron chi connectivity index (χ3n) is 1.75. The second-order valence-electron chi connectivity index (χ2n) is 2.99. The smallest absolute Gasteiger partial charge is 0.305 e. The largest absolute Gasteiger partial charge is 0.508 e. The zero-order valence-electron chi connectivity index (χ0n) is 7.34. The average Bonchev–Trinajstić information content (AvgIpc) is 2.00. The van der Waals surface area contributed by atoms with Crippen molar-refractivity contribution in [3.05, 3.63) is 23.8 Å². The van der Waals surface area contributed by atoms with Crippen molar-refractivity contribution in [3.63, 3.8) is 0 Å². The minimum absolute atomic E-state index is 0.138. The zero-order valence-corrected chi connectivity index (χ0v) is 7.34. The summed E-state index contributed by atoms with van der Waals surface area (Å²) in [7, 11) is 0. The SMILES string of the molecule is N[C@@H](CC(=O)O)c1cc(O)cc(O)c1. The van der Waals surface area contributed by atoms with Crippen LogP contribution in [0.15, 0.2) is 18.2 Å². The van der Waals surface area contributed by atoms with Crippen LogP contribution in [-0.2, 0) is 4.79 Å². The summed E-state index contributed by atoms with van der Waals surface area (Å²) in [5.41, 5.74) is 5.92. The van der Waals surface area contributed by atoms with Gasteiger partial charge in [-0.1, -0.05) is 0 Å². The lowest BCUT2D eigenvalue weighted by molar-refractivity contribution is -0.137. The molecule has 0 saturated carbocycles. The fourth-order valence-electron chi connectivity index (χ4n) is 1.14. The van der Waals surface area contributed by atoms with E-state index in [0.717, 1.165) is 6.07 Å². The van der Waals surface area contributed by atoms with Gasteiger partial charge in [0, 0.05) is 12.1 Å². The van der Waals surface area contributed by atoms with Crippen LogP contribution in [0.1, 0.15) is 18.0 Å². The van der Waals surface area contributed by atoms with Gasteiger partial charge in [-0.2, -0.15) is 0 Å². The molecule has 0 unspecified atom stereocenters. The summed E-state index contributed by atoms with van der Waals surface area (Å²) in [6.07, 6.45) is -0.247. The third-order valence-corrected chi connectivity index (χ3v) is 1.75. The van der Waals surface area contributed by atoms with E-state index < -0.39 is 12.0 Å². The first-order valence-electron chi connectivity index (χ1n) is 3.99. The van der Waals surface area contributed by atoms with E-state index in [1.807, 2.05) is 0 Å². The molecule has 0 aromatic heterocycles. The van der Waals surface area contributed by atoms with Gasteiger partial charge in [0.15, 0.2) is 0 Å². The molecule has 14 heavy (non-hydrogen) atoms. The van der Waals surface area contributed by atoms with Crippen LogP contribution >= 0.6 is 0 Å². The maximum absolute atomic E-state index is 10.3. The molecule has 0 bridgehead atoms. The molecule has 5 N–H and O–H groups in total. The van der Waals surface area contributed by atoms with Gasteiger partial charge in [-0.05, 0) is 17.7 Å². The lowest BCUT2D eigenvalue weighted by Crippen LogP contribution is -2.14. The molecule has 0 radical (unpaired) electrons. The van der Waals surface area contributed by atoms with Crippen molar-refractivity contribution < 1.29 is 20.1 Å². The van der Waals surface area contributed by atoms with Crippen LogP contribution in [0.25, 0.3) is 0 Å². The number of aromatic hydroxyl groups is 2. The summed E-state index contributed by atoms with van der Waals surface area (Å²) >= 11 is 0. The molecular weight excluding hydrogens is 186 g/mol. The normalized spacial score (nSPS) is 12.4. The predicted octanol–water partition coefficient (Wildman–Crippen LogP) is 0.572. The van der Waals surface area contributed by atoms with E-state index in [0.29, 0.717) is 5.56 Å². The van der Waals surface area contributed by atoms with E-state index >= 15 is 0 Å². The lowest BCUT2D eigenvalue weighted by atomic mass is 10.0. The molecule has 0 heterocycles. The minimum atomic E-state index is -1.03. The molecule has 0 saturated heterocycles. The van der Waals surface area contributed by atoms with E-state index in [2.05, 4.69) is 0 Å². The molecule has 1 rings (SSSR count). The molecule has 1 aromatic rings. The maximum Gasteiger partial charge on any atom is 0.305 e. The Balaban J connectivity index is 2.89. The van der Waals surface area contributed by atoms with E-state index in [4.69, 9.17) is 21.1 Å². The first-order chi connectivity index (χ1) is 6.49. The average molecular weight is 197 g/mol. The number of carbonyl (C=O) groups is 1. The molecule has 1 atom stereocenters. The Bertz CT molecular complexity index is 330. The van der Waals surface area contributed by atoms with Crippen molar-refractivity contribution in [3.8, 4) is 11.5 Å². The van der Waals surface area contributed by atoms with Gasteiger partial charge in [0.2, 0.25) is 0 Å². The van der Waals surface area contributed by atoms with E-state index in [1.54, 1.807) is 0 Å². The summed E-state index contributed by atoms with van der Waals surface area (Å²) in [6, 6.07) is 3.07. The Hall–Kier alpha value is -1.75. The highest BCUT2D eigenvalue weighted by Gasteiger charge is 2.12. The van der Waals surface area contributed by atoms with Crippen LogP contribution in [-0.4, -0.2) is 21.3 Å². The summed E-state index contributed by atoms with van der Waals surface area (Å²) in [6.45, 7) is 0. The topological polar surface area (TPSA) is 104 Å². The highest BCUT2D eigenvalue weighted by molar-refractivity contribution is 5.68. The summed E-state index contributed by atoms with van der Waals surface area (Å²) in [5, 5.41) is 26.7. The highest BCUT2D eigenvalue weighted by atomic mass is 16.4. The van der Waals surface area contributed by atoms with Gasteiger partial charge in [-0.25, -0.2) is 0 Å². The molecule has 76 valence electrons. The molecular formula is C9H11NO4. The molecule has 5 heteroatoms. The van der Waals surface area contributed by atoms with Crippen LogP contribution in [0.4, 0.5) is 0 Å². The van der Waals surface area contributed by atoms with Crippen LogP contribution < -0.4 is 5.73 Å². The number of hydrogen-bond acceptors (Lipinski definition) is 4. The Morgan fingerprint density at radius 2 is 1.79 bits per heavy atom. The molecule has 0 aliphatic carbocycles. The number of hydrogen-bond donors (Lipinski definition) is 4. The number of rotatable bonds is 3. The maximum atomic E-state index is 10.3. The van der Waals surface area contributed by atoms with Crippen molar-refractivity contribution >= 4 is 5.97 Å². The Kier molecular flexibility index (Phi) is 2.93. The van der Waals surface area contributed by atoms with Crippen LogP contribution in [0.2, 0.25) is 0 Å². The number of aliphatic carboxylic acids is 1. The standard InChI is InChI=1S/C9H11NO4/c10-8(4-9(13)14)5-1-6(11)3-7(12)2-5/h1-3,8,11-12H,4,10H2,(H,13,14)/t8-/m0/s1. The fraction of sp³-hybridized carbons (Fsp3) is 0.222. The zero-order chi connectivity index (χ0) is 10.7. The van der Waals surface area contributed by atoms with Gasteiger partial charge in [0.25, 0.3) is 0 Å². The molecule has 5 nitrogen and oxygen atoms in total. The highest BCUT2D eigenvalue weighted by Crippen LogP contribution is 2.25. The van der Waals surface area contributed by atoms with Gasteiger partial charge >= 0.3 is 5.97 Å². The van der Waals surface area contributed by atoms with Crippen molar-refractivity contribution in [1.82, 2.24) is 0 Å². The molecule has 0 aliphatic rings. The first-order valence-corrected chi connectivity index (χ1v) is 3.99. The van der Waals surface area contributed by atoms with Crippen LogP contribution in [0.5, 0.6) is 11.5 Å². The van der Waals surface area contributed by atoms with E-state index in [9.17, 15) is 4.79 Å². The fourth-order valence-corrected chi connectivity index (χ4v) is 1.14. The van der Waals surface area contributed by atoms with Crippen molar-refractivity contribution in [2.45, 2.75) is 12.5 Å². The molecule has 0 spiro atoms. The number of phenolic OH excluding ortho intramolecular Hbond substituents is 2. The number of carboxylic acid groups (broad SMARTS) is 1. The minimum Gasteiger partial charge on any atom is -0.508 e. The lowest BCUT2D eigenvalue weighted by Gasteiger charge is -2.09. The second kappa shape index (κ2) is 3.97. The van der Waals surface area contributed by atoms with Gasteiger partial charge in [0.1, 0.15) is 11.5 Å². The number of carboxylic acids is 1. The van der Waals surface area contributed by atoms with E-state index in [1.165, 1.54) is 12.1 Å². The van der Waals surface area contributed by atoms with Gasteiger partial charge in [-0.3, -0.25) is 4.79 Å². The van der Waals surface area contributed by atoms with Crippen molar-refractivity contribution in [2.75, 3.05) is 0 Å². The molecule has 1 aromatic carbocycles. The quantitative estimate of drug-likeness (QED) is 0.567.